The lowest BCUT2D eigenvalue weighted by Gasteiger charge is -2.25. The number of ether oxygens (including phenoxy) is 1. The number of rotatable bonds is 6. The molecule has 6 nitrogen and oxygen atoms in total. The Morgan fingerprint density at radius 2 is 2.00 bits per heavy atom. The van der Waals surface area contributed by atoms with Gasteiger partial charge in [0.15, 0.2) is 15.0 Å². The van der Waals surface area contributed by atoms with Crippen molar-refractivity contribution in [3.05, 3.63) is 29.8 Å². The Hall–Kier alpha value is -1.54. The van der Waals surface area contributed by atoms with Gasteiger partial charge in [0.25, 0.3) is 5.91 Å². The van der Waals surface area contributed by atoms with Crippen molar-refractivity contribution in [1.29, 1.82) is 0 Å². The highest BCUT2D eigenvalue weighted by Crippen LogP contribution is 2.40. The predicted octanol–water partition coefficient (Wildman–Crippen LogP) is 2.73. The molecule has 0 aromatic heterocycles. The number of amidine groups is 1. The van der Waals surface area contributed by atoms with Gasteiger partial charge in [-0.25, -0.2) is 8.42 Å². The normalized spacial score (nSPS) is 25.2. The van der Waals surface area contributed by atoms with Crippen LogP contribution in [0.5, 0.6) is 5.75 Å². The standard InChI is InChI=1S/C19H26N2O4S2/c1-4-13(5-2)18(22)20-19-21(10-14-8-6-7-9-16(14)25-3)15-11-27(23,24)12-17(15)26-19/h6-9,13,15,17H,4-5,10-12H2,1-3H3. The average molecular weight is 411 g/mol. The maximum absolute atomic E-state index is 12.6. The van der Waals surface area contributed by atoms with Gasteiger partial charge < -0.3 is 9.64 Å². The van der Waals surface area contributed by atoms with Crippen LogP contribution in [-0.4, -0.2) is 54.3 Å². The molecule has 0 aliphatic carbocycles. The fraction of sp³-hybridized carbons (Fsp3) is 0.579. The summed E-state index contributed by atoms with van der Waals surface area (Å²) in [6, 6.07) is 7.51. The molecule has 0 N–H and O–H groups in total. The van der Waals surface area contributed by atoms with E-state index in [9.17, 15) is 13.2 Å². The summed E-state index contributed by atoms with van der Waals surface area (Å²) in [5, 5.41) is 0.570. The number of nitrogens with zero attached hydrogens (tertiary/aromatic N) is 2. The minimum absolute atomic E-state index is 0.0713. The first kappa shape index (κ1) is 20.2. The molecule has 1 amide bonds. The van der Waals surface area contributed by atoms with Crippen LogP contribution < -0.4 is 4.74 Å². The van der Waals surface area contributed by atoms with Gasteiger partial charge in [-0.2, -0.15) is 4.99 Å². The van der Waals surface area contributed by atoms with Gasteiger partial charge in [0.2, 0.25) is 0 Å². The highest BCUT2D eigenvalue weighted by molar-refractivity contribution is 8.15. The Kier molecular flexibility index (Phi) is 6.15. The van der Waals surface area contributed by atoms with Crippen LogP contribution in [0.2, 0.25) is 0 Å². The second-order valence-corrected chi connectivity index (χ2v) is 10.3. The van der Waals surface area contributed by atoms with Gasteiger partial charge in [0.05, 0.1) is 24.7 Å². The first-order valence-electron chi connectivity index (χ1n) is 9.26. The number of carbonyl (C=O) groups excluding carboxylic acids is 1. The number of hydrogen-bond donors (Lipinski definition) is 0. The van der Waals surface area contributed by atoms with E-state index in [4.69, 9.17) is 4.74 Å². The van der Waals surface area contributed by atoms with Crippen LogP contribution in [0.1, 0.15) is 32.3 Å². The molecule has 1 aromatic rings. The summed E-state index contributed by atoms with van der Waals surface area (Å²) in [5.74, 6) is 0.796. The van der Waals surface area contributed by atoms with Gasteiger partial charge in [0.1, 0.15) is 5.75 Å². The smallest absolute Gasteiger partial charge is 0.251 e. The van der Waals surface area contributed by atoms with Crippen LogP contribution in [0.15, 0.2) is 29.3 Å². The number of carbonyl (C=O) groups is 1. The van der Waals surface area contributed by atoms with Crippen LogP contribution in [0.4, 0.5) is 0 Å². The van der Waals surface area contributed by atoms with Crippen molar-refractivity contribution in [3.8, 4) is 5.75 Å². The van der Waals surface area contributed by atoms with E-state index in [2.05, 4.69) is 4.99 Å². The van der Waals surface area contributed by atoms with Crippen molar-refractivity contribution in [3.63, 3.8) is 0 Å². The fourth-order valence-corrected chi connectivity index (χ4v) is 7.62. The van der Waals surface area contributed by atoms with Gasteiger partial charge >= 0.3 is 0 Å². The Bertz CT molecular complexity index is 834. The molecule has 0 saturated carbocycles. The van der Waals surface area contributed by atoms with E-state index in [1.807, 2.05) is 43.0 Å². The second kappa shape index (κ2) is 8.22. The number of benzene rings is 1. The lowest BCUT2D eigenvalue weighted by atomic mass is 10.0. The zero-order valence-corrected chi connectivity index (χ0v) is 17.6. The lowest BCUT2D eigenvalue weighted by Crippen LogP contribution is -2.37. The topological polar surface area (TPSA) is 76.0 Å². The highest BCUT2D eigenvalue weighted by Gasteiger charge is 2.48. The van der Waals surface area contributed by atoms with E-state index >= 15 is 0 Å². The molecule has 8 heteroatoms. The second-order valence-electron chi connectivity index (χ2n) is 6.99. The quantitative estimate of drug-likeness (QED) is 0.718. The molecule has 2 aliphatic heterocycles. The summed E-state index contributed by atoms with van der Waals surface area (Å²) in [7, 11) is -1.44. The molecule has 148 valence electrons. The van der Waals surface area contributed by atoms with Crippen molar-refractivity contribution >= 4 is 32.7 Å². The van der Waals surface area contributed by atoms with Crippen LogP contribution >= 0.6 is 11.8 Å². The number of aliphatic imine (C=N–C) groups is 1. The number of para-hydroxylation sites is 1. The molecule has 1 aromatic carbocycles. The largest absolute Gasteiger partial charge is 0.496 e. The number of sulfone groups is 1. The third-order valence-electron chi connectivity index (χ3n) is 5.25. The summed E-state index contributed by atoms with van der Waals surface area (Å²) in [6.45, 7) is 4.45. The van der Waals surface area contributed by atoms with Crippen LogP contribution in [0.3, 0.4) is 0 Å². The molecule has 2 unspecified atom stereocenters. The van der Waals surface area contributed by atoms with Crippen molar-refractivity contribution in [2.24, 2.45) is 10.9 Å². The summed E-state index contributed by atoms with van der Waals surface area (Å²) in [6.07, 6.45) is 1.51. The third-order valence-corrected chi connectivity index (χ3v) is 8.50. The summed E-state index contributed by atoms with van der Waals surface area (Å²) in [4.78, 5) is 19.0. The Morgan fingerprint density at radius 1 is 1.30 bits per heavy atom. The zero-order chi connectivity index (χ0) is 19.6. The lowest BCUT2D eigenvalue weighted by molar-refractivity contribution is -0.121. The van der Waals surface area contributed by atoms with Crippen LogP contribution in [0, 0.1) is 5.92 Å². The molecular formula is C19H26N2O4S2. The molecule has 0 spiro atoms. The molecule has 2 saturated heterocycles. The summed E-state index contributed by atoms with van der Waals surface area (Å²) >= 11 is 1.43. The Labute approximate surface area is 165 Å². The minimum atomic E-state index is -3.06. The molecule has 2 heterocycles. The molecule has 2 aliphatic rings. The van der Waals surface area contributed by atoms with Crippen molar-refractivity contribution in [2.75, 3.05) is 18.6 Å². The summed E-state index contributed by atoms with van der Waals surface area (Å²) in [5.41, 5.74) is 0.952. The Morgan fingerprint density at radius 3 is 2.67 bits per heavy atom. The minimum Gasteiger partial charge on any atom is -0.496 e. The van der Waals surface area contributed by atoms with E-state index in [1.165, 1.54) is 11.8 Å². The number of hydrogen-bond acceptors (Lipinski definition) is 5. The molecule has 2 fully saturated rings. The Balaban J connectivity index is 1.92. The van der Waals surface area contributed by atoms with Gasteiger partial charge in [0, 0.05) is 23.3 Å². The number of thioether (sulfide) groups is 1. The zero-order valence-electron chi connectivity index (χ0n) is 15.9. The van der Waals surface area contributed by atoms with Crippen molar-refractivity contribution in [2.45, 2.75) is 44.5 Å². The average Bonchev–Trinajstić information content (AvgIpc) is 3.09. The summed E-state index contributed by atoms with van der Waals surface area (Å²) < 4.78 is 29.7. The van der Waals surface area contributed by atoms with E-state index in [-0.39, 0.29) is 34.6 Å². The van der Waals surface area contributed by atoms with Gasteiger partial charge in [-0.3, -0.25) is 4.79 Å². The number of fused-ring (bicyclic) bond motifs is 1. The maximum Gasteiger partial charge on any atom is 0.251 e. The van der Waals surface area contributed by atoms with Gasteiger partial charge in [-0.1, -0.05) is 43.8 Å². The van der Waals surface area contributed by atoms with Gasteiger partial charge in [-0.15, -0.1) is 0 Å². The van der Waals surface area contributed by atoms with Crippen molar-refractivity contribution < 1.29 is 17.9 Å². The first-order valence-corrected chi connectivity index (χ1v) is 12.0. The highest BCUT2D eigenvalue weighted by atomic mass is 32.2. The van der Waals surface area contributed by atoms with Gasteiger partial charge in [-0.05, 0) is 18.9 Å². The molecular weight excluding hydrogens is 384 g/mol. The monoisotopic (exact) mass is 410 g/mol. The first-order chi connectivity index (χ1) is 12.9. The molecule has 3 rings (SSSR count). The molecule has 0 radical (unpaired) electrons. The van der Waals surface area contributed by atoms with E-state index in [0.717, 1.165) is 24.2 Å². The third kappa shape index (κ3) is 4.32. The molecule has 2 atom stereocenters. The van der Waals surface area contributed by atoms with Crippen molar-refractivity contribution in [1.82, 2.24) is 4.90 Å². The van der Waals surface area contributed by atoms with E-state index < -0.39 is 9.84 Å². The van der Waals surface area contributed by atoms with E-state index in [0.29, 0.717) is 11.7 Å². The fourth-order valence-electron chi connectivity index (χ4n) is 3.66. The predicted molar refractivity (Wildman–Crippen MR) is 109 cm³/mol. The number of amides is 1. The van der Waals surface area contributed by atoms with Crippen LogP contribution in [-0.2, 0) is 21.2 Å². The maximum atomic E-state index is 12.6. The SMILES string of the molecule is CCC(CC)C(=O)N=C1SC2CS(=O)(=O)CC2N1Cc1ccccc1OC. The van der Waals surface area contributed by atoms with Crippen LogP contribution in [0.25, 0.3) is 0 Å². The number of methoxy groups -OCH3 is 1. The molecule has 0 bridgehead atoms. The van der Waals surface area contributed by atoms with E-state index in [1.54, 1.807) is 7.11 Å². The molecule has 27 heavy (non-hydrogen) atoms.